The van der Waals surface area contributed by atoms with Gasteiger partial charge in [-0.2, -0.15) is 0 Å². The molecule has 0 aliphatic heterocycles. The molecule has 0 bridgehead atoms. The molecule has 0 rings (SSSR count). The molecule has 0 fully saturated rings. The van der Waals surface area contributed by atoms with Crippen LogP contribution in [0, 0.1) is 0 Å². The Kier molecular flexibility index (Phi) is 4.26. The van der Waals surface area contributed by atoms with Gasteiger partial charge in [0.15, 0.2) is 0 Å². The maximum absolute atomic E-state index is 5.26. The van der Waals surface area contributed by atoms with Gasteiger partial charge in [-0.1, -0.05) is 0 Å². The van der Waals surface area contributed by atoms with E-state index in [1.165, 1.54) is 0 Å². The Hall–Kier alpha value is -0.570. The molecule has 2 N–H and O–H groups in total. The Balaban J connectivity index is 3.17. The summed E-state index contributed by atoms with van der Waals surface area (Å²) in [4.78, 5) is 5.74. The van der Waals surface area contributed by atoms with Crippen LogP contribution in [0.3, 0.4) is 0 Å². The van der Waals surface area contributed by atoms with Gasteiger partial charge in [0, 0.05) is 27.2 Å². The van der Waals surface area contributed by atoms with Crippen LogP contribution in [0.15, 0.2) is 4.99 Å². The minimum Gasteiger partial charge on any atom is -0.365 e. The van der Waals surface area contributed by atoms with E-state index in [9.17, 15) is 0 Å². The second kappa shape index (κ2) is 4.59. The van der Waals surface area contributed by atoms with Crippen LogP contribution in [-0.2, 0) is 0 Å². The van der Waals surface area contributed by atoms with Gasteiger partial charge in [-0.15, -0.1) is 0 Å². The topological polar surface area (TPSA) is 41.6 Å². The van der Waals surface area contributed by atoms with E-state index >= 15 is 0 Å². The molecule has 0 heterocycles. The Morgan fingerprint density at radius 1 is 1.75 bits per heavy atom. The Morgan fingerprint density at radius 3 is 2.75 bits per heavy atom. The van der Waals surface area contributed by atoms with Gasteiger partial charge in [0.05, 0.1) is 6.34 Å². The minimum atomic E-state index is 0.683. The fourth-order valence-electron chi connectivity index (χ4n) is 0.458. The van der Waals surface area contributed by atoms with Crippen molar-refractivity contribution in [1.29, 1.82) is 0 Å². The summed E-state index contributed by atoms with van der Waals surface area (Å²) >= 11 is 0. The van der Waals surface area contributed by atoms with Gasteiger partial charge in [-0.05, 0) is 0 Å². The molecule has 0 aromatic rings. The van der Waals surface area contributed by atoms with Gasteiger partial charge in [-0.3, -0.25) is 4.99 Å². The van der Waals surface area contributed by atoms with Gasteiger partial charge in [0.25, 0.3) is 0 Å². The number of likely N-dealkylation sites (N-methyl/N-ethyl adjacent to an activating group) is 1. The van der Waals surface area contributed by atoms with E-state index in [2.05, 4.69) is 4.99 Å². The predicted molar refractivity (Wildman–Crippen MR) is 36.1 cm³/mol. The standard InChI is InChI=1S/C5H13N3/c1-7-5-8(2)4-3-6/h5H,3-4,6H2,1-2H3. The summed E-state index contributed by atoms with van der Waals surface area (Å²) in [6.45, 7) is 1.56. The first-order valence-electron chi connectivity index (χ1n) is 2.64. The molecule has 0 atom stereocenters. The van der Waals surface area contributed by atoms with E-state index in [-0.39, 0.29) is 0 Å². The summed E-state index contributed by atoms with van der Waals surface area (Å²) in [5, 5.41) is 0. The first-order valence-corrected chi connectivity index (χ1v) is 2.64. The average molecular weight is 115 g/mol. The van der Waals surface area contributed by atoms with Crippen molar-refractivity contribution in [2.75, 3.05) is 27.2 Å². The zero-order chi connectivity index (χ0) is 6.41. The number of hydrogen-bond donors (Lipinski definition) is 1. The third kappa shape index (κ3) is 3.61. The van der Waals surface area contributed by atoms with Crippen LogP contribution in [0.5, 0.6) is 0 Å². The third-order valence-electron chi connectivity index (χ3n) is 0.794. The van der Waals surface area contributed by atoms with Crippen molar-refractivity contribution in [3.63, 3.8) is 0 Å². The summed E-state index contributed by atoms with van der Waals surface area (Å²) in [5.41, 5.74) is 5.26. The highest BCUT2D eigenvalue weighted by Gasteiger charge is 1.83. The average Bonchev–Trinajstić information content (AvgIpc) is 1.68. The van der Waals surface area contributed by atoms with E-state index in [0.29, 0.717) is 6.54 Å². The zero-order valence-electron chi connectivity index (χ0n) is 5.46. The lowest BCUT2D eigenvalue weighted by Crippen LogP contribution is -2.23. The SMILES string of the molecule is CN=CN(C)CCN. The maximum Gasteiger partial charge on any atom is 0.0844 e. The number of hydrogen-bond acceptors (Lipinski definition) is 2. The molecule has 0 radical (unpaired) electrons. The molecule has 48 valence electrons. The Bertz CT molecular complexity index is 70.1. The number of nitrogens with two attached hydrogens (primary N) is 1. The Labute approximate surface area is 50.2 Å². The van der Waals surface area contributed by atoms with Crippen molar-refractivity contribution in [3.8, 4) is 0 Å². The normalized spacial score (nSPS) is 10.4. The molecule has 0 saturated carbocycles. The van der Waals surface area contributed by atoms with Crippen LogP contribution in [0.2, 0.25) is 0 Å². The monoisotopic (exact) mass is 115 g/mol. The highest BCUT2D eigenvalue weighted by atomic mass is 15.1. The van der Waals surface area contributed by atoms with Crippen molar-refractivity contribution in [1.82, 2.24) is 4.90 Å². The van der Waals surface area contributed by atoms with Gasteiger partial charge < -0.3 is 10.6 Å². The molecule has 0 unspecified atom stereocenters. The fourth-order valence-corrected chi connectivity index (χ4v) is 0.458. The predicted octanol–water partition coefficient (Wildman–Crippen LogP) is -0.465. The van der Waals surface area contributed by atoms with Crippen LogP contribution in [0.4, 0.5) is 0 Å². The van der Waals surface area contributed by atoms with Crippen molar-refractivity contribution in [2.45, 2.75) is 0 Å². The summed E-state index contributed by atoms with van der Waals surface area (Å²) < 4.78 is 0. The number of nitrogens with zero attached hydrogens (tertiary/aromatic N) is 2. The van der Waals surface area contributed by atoms with Gasteiger partial charge in [0.1, 0.15) is 0 Å². The van der Waals surface area contributed by atoms with Crippen molar-refractivity contribution in [2.24, 2.45) is 10.7 Å². The van der Waals surface area contributed by atoms with Crippen molar-refractivity contribution < 1.29 is 0 Å². The molecular weight excluding hydrogens is 102 g/mol. The molecule has 0 spiro atoms. The zero-order valence-corrected chi connectivity index (χ0v) is 5.46. The highest BCUT2D eigenvalue weighted by molar-refractivity contribution is 5.53. The highest BCUT2D eigenvalue weighted by Crippen LogP contribution is 1.70. The summed E-state index contributed by atoms with van der Waals surface area (Å²) in [6.07, 6.45) is 1.76. The molecule has 8 heavy (non-hydrogen) atoms. The van der Waals surface area contributed by atoms with Crippen LogP contribution < -0.4 is 5.73 Å². The van der Waals surface area contributed by atoms with Crippen LogP contribution in [-0.4, -0.2) is 38.4 Å². The lowest BCUT2D eigenvalue weighted by molar-refractivity contribution is 0.530. The van der Waals surface area contributed by atoms with Crippen molar-refractivity contribution in [3.05, 3.63) is 0 Å². The Morgan fingerprint density at radius 2 is 2.38 bits per heavy atom. The largest absolute Gasteiger partial charge is 0.365 e. The van der Waals surface area contributed by atoms with Crippen LogP contribution in [0.1, 0.15) is 0 Å². The molecule has 3 nitrogen and oxygen atoms in total. The molecule has 0 aliphatic rings. The second-order valence-corrected chi connectivity index (χ2v) is 1.64. The van der Waals surface area contributed by atoms with Gasteiger partial charge in [-0.25, -0.2) is 0 Å². The second-order valence-electron chi connectivity index (χ2n) is 1.64. The smallest absolute Gasteiger partial charge is 0.0844 e. The van der Waals surface area contributed by atoms with E-state index in [1.54, 1.807) is 13.4 Å². The summed E-state index contributed by atoms with van der Waals surface area (Å²) in [7, 11) is 3.69. The fraction of sp³-hybridized carbons (Fsp3) is 0.800. The summed E-state index contributed by atoms with van der Waals surface area (Å²) in [5.74, 6) is 0. The molecule has 0 saturated heterocycles. The minimum absolute atomic E-state index is 0.683. The summed E-state index contributed by atoms with van der Waals surface area (Å²) in [6, 6.07) is 0. The molecule has 0 aromatic carbocycles. The van der Waals surface area contributed by atoms with Crippen molar-refractivity contribution >= 4 is 6.34 Å². The number of rotatable bonds is 3. The molecule has 0 amide bonds. The first-order chi connectivity index (χ1) is 3.81. The first kappa shape index (κ1) is 7.43. The van der Waals surface area contributed by atoms with Gasteiger partial charge in [0.2, 0.25) is 0 Å². The molecule has 0 aliphatic carbocycles. The van der Waals surface area contributed by atoms with Gasteiger partial charge >= 0.3 is 0 Å². The number of aliphatic imine (C=N–C) groups is 1. The van der Waals surface area contributed by atoms with E-state index in [0.717, 1.165) is 6.54 Å². The molecular formula is C5H13N3. The third-order valence-corrected chi connectivity index (χ3v) is 0.794. The van der Waals surface area contributed by atoms with Crippen LogP contribution in [0.25, 0.3) is 0 Å². The molecule has 0 aromatic heterocycles. The maximum atomic E-state index is 5.26. The van der Waals surface area contributed by atoms with E-state index in [1.807, 2.05) is 11.9 Å². The van der Waals surface area contributed by atoms with Crippen LogP contribution >= 0.6 is 0 Å². The quantitative estimate of drug-likeness (QED) is 0.399. The van der Waals surface area contributed by atoms with E-state index < -0.39 is 0 Å². The lowest BCUT2D eigenvalue weighted by atomic mass is 10.6. The lowest BCUT2D eigenvalue weighted by Gasteiger charge is -2.08. The molecule has 3 heteroatoms. The van der Waals surface area contributed by atoms with E-state index in [4.69, 9.17) is 5.73 Å².